The Balaban J connectivity index is 2.10. The van der Waals surface area contributed by atoms with Crippen molar-refractivity contribution in [3.63, 3.8) is 0 Å². The highest BCUT2D eigenvalue weighted by molar-refractivity contribution is 4.99. The van der Waals surface area contributed by atoms with Crippen molar-refractivity contribution < 1.29 is 0 Å². The van der Waals surface area contributed by atoms with Crippen LogP contribution in [0.4, 0.5) is 0 Å². The summed E-state index contributed by atoms with van der Waals surface area (Å²) in [5.41, 5.74) is 1.23. The van der Waals surface area contributed by atoms with E-state index in [1.165, 1.54) is 12.0 Å². The third-order valence-corrected chi connectivity index (χ3v) is 2.47. The summed E-state index contributed by atoms with van der Waals surface area (Å²) >= 11 is 0. The summed E-state index contributed by atoms with van der Waals surface area (Å²) in [6.07, 6.45) is 5.22. The maximum atomic E-state index is 4.23. The largest absolute Gasteiger partial charge is 0.315 e. The molecule has 1 rings (SSSR count). The normalized spacial score (nSPS) is 13.1. The van der Waals surface area contributed by atoms with Gasteiger partial charge in [0.25, 0.3) is 0 Å². The lowest BCUT2D eigenvalue weighted by atomic mass is 10.1. The van der Waals surface area contributed by atoms with Crippen LogP contribution >= 0.6 is 0 Å². The second-order valence-corrected chi connectivity index (χ2v) is 4.00. The summed E-state index contributed by atoms with van der Waals surface area (Å²) < 4.78 is 1.99. The quantitative estimate of drug-likeness (QED) is 0.702. The molecule has 0 radical (unpaired) electrons. The lowest BCUT2D eigenvalue weighted by Gasteiger charge is -2.09. The molecule has 80 valence electrons. The van der Waals surface area contributed by atoms with E-state index in [0.29, 0.717) is 0 Å². The van der Waals surface area contributed by atoms with Crippen molar-refractivity contribution in [2.24, 2.45) is 5.92 Å². The molecule has 0 fully saturated rings. The topological polar surface area (TPSA) is 29.9 Å². The van der Waals surface area contributed by atoms with Gasteiger partial charge in [0.15, 0.2) is 0 Å². The fourth-order valence-corrected chi connectivity index (χ4v) is 1.28. The van der Waals surface area contributed by atoms with Gasteiger partial charge >= 0.3 is 0 Å². The predicted molar refractivity (Wildman–Crippen MR) is 59.3 cm³/mol. The Labute approximate surface area is 86.5 Å². The van der Waals surface area contributed by atoms with E-state index in [9.17, 15) is 0 Å². The number of hydrogen-bond acceptors (Lipinski definition) is 2. The van der Waals surface area contributed by atoms with Crippen molar-refractivity contribution in [3.05, 3.63) is 18.0 Å². The average molecular weight is 195 g/mol. The predicted octanol–water partition coefficient (Wildman–Crippen LogP) is 1.83. The standard InChI is InChI=1S/C11H21N3/c1-4-10(2)7-12-5-6-14-9-11(3)8-13-14/h8-10,12H,4-7H2,1-3H3. The van der Waals surface area contributed by atoms with Gasteiger partial charge in [-0.3, -0.25) is 4.68 Å². The first-order valence-corrected chi connectivity index (χ1v) is 5.42. The van der Waals surface area contributed by atoms with Crippen molar-refractivity contribution in [1.82, 2.24) is 15.1 Å². The van der Waals surface area contributed by atoms with Gasteiger partial charge in [0.1, 0.15) is 0 Å². The zero-order chi connectivity index (χ0) is 10.4. The first kappa shape index (κ1) is 11.2. The molecule has 0 bridgehead atoms. The molecule has 3 nitrogen and oxygen atoms in total. The maximum absolute atomic E-state index is 4.23. The van der Waals surface area contributed by atoms with E-state index in [4.69, 9.17) is 0 Å². The van der Waals surface area contributed by atoms with Gasteiger partial charge < -0.3 is 5.32 Å². The molecule has 1 heterocycles. The Bertz CT molecular complexity index is 255. The van der Waals surface area contributed by atoms with Gasteiger partial charge in [0.2, 0.25) is 0 Å². The Morgan fingerprint density at radius 2 is 2.36 bits per heavy atom. The summed E-state index contributed by atoms with van der Waals surface area (Å²) in [4.78, 5) is 0. The van der Waals surface area contributed by atoms with Crippen molar-refractivity contribution in [3.8, 4) is 0 Å². The van der Waals surface area contributed by atoms with Crippen LogP contribution in [0.3, 0.4) is 0 Å². The molecule has 1 aromatic rings. The van der Waals surface area contributed by atoms with Crippen molar-refractivity contribution >= 4 is 0 Å². The number of nitrogens with zero attached hydrogens (tertiary/aromatic N) is 2. The van der Waals surface area contributed by atoms with Gasteiger partial charge in [0, 0.05) is 12.7 Å². The van der Waals surface area contributed by atoms with Gasteiger partial charge in [-0.15, -0.1) is 0 Å². The highest BCUT2D eigenvalue weighted by Gasteiger charge is 1.97. The molecule has 0 amide bonds. The zero-order valence-electron chi connectivity index (χ0n) is 9.45. The molecular formula is C11H21N3. The number of nitrogens with one attached hydrogen (secondary N) is 1. The second-order valence-electron chi connectivity index (χ2n) is 4.00. The van der Waals surface area contributed by atoms with E-state index < -0.39 is 0 Å². The average Bonchev–Trinajstić information content (AvgIpc) is 2.58. The molecule has 14 heavy (non-hydrogen) atoms. The van der Waals surface area contributed by atoms with Crippen LogP contribution < -0.4 is 5.32 Å². The Morgan fingerprint density at radius 3 is 2.93 bits per heavy atom. The van der Waals surface area contributed by atoms with Crippen LogP contribution in [-0.4, -0.2) is 22.9 Å². The first-order valence-electron chi connectivity index (χ1n) is 5.42. The summed E-state index contributed by atoms with van der Waals surface area (Å²) in [6, 6.07) is 0. The van der Waals surface area contributed by atoms with E-state index in [2.05, 4.69) is 37.4 Å². The fourth-order valence-electron chi connectivity index (χ4n) is 1.28. The molecule has 1 aromatic heterocycles. The lowest BCUT2D eigenvalue weighted by Crippen LogP contribution is -2.25. The molecule has 3 heteroatoms. The van der Waals surface area contributed by atoms with Crippen LogP contribution in [0, 0.1) is 12.8 Å². The zero-order valence-corrected chi connectivity index (χ0v) is 9.45. The van der Waals surface area contributed by atoms with Crippen LogP contribution in [0.5, 0.6) is 0 Å². The van der Waals surface area contributed by atoms with E-state index in [1.54, 1.807) is 0 Å². The highest BCUT2D eigenvalue weighted by Crippen LogP contribution is 1.97. The van der Waals surface area contributed by atoms with Crippen LogP contribution in [0.15, 0.2) is 12.4 Å². The number of rotatable bonds is 6. The second kappa shape index (κ2) is 5.81. The minimum atomic E-state index is 0.773. The first-order chi connectivity index (χ1) is 6.72. The molecule has 0 aliphatic carbocycles. The molecule has 0 aliphatic heterocycles. The molecule has 0 saturated heterocycles. The molecule has 1 atom stereocenters. The van der Waals surface area contributed by atoms with Crippen LogP contribution in [0.25, 0.3) is 0 Å². The third kappa shape index (κ3) is 3.92. The van der Waals surface area contributed by atoms with Gasteiger partial charge in [-0.2, -0.15) is 5.10 Å². The van der Waals surface area contributed by atoms with Gasteiger partial charge in [-0.25, -0.2) is 0 Å². The van der Waals surface area contributed by atoms with Crippen molar-refractivity contribution in [2.45, 2.75) is 33.7 Å². The fraction of sp³-hybridized carbons (Fsp3) is 0.727. The van der Waals surface area contributed by atoms with Crippen LogP contribution in [0.2, 0.25) is 0 Å². The van der Waals surface area contributed by atoms with E-state index in [0.717, 1.165) is 25.6 Å². The third-order valence-electron chi connectivity index (χ3n) is 2.47. The Kier molecular flexibility index (Phi) is 4.66. The minimum Gasteiger partial charge on any atom is -0.315 e. The summed E-state index contributed by atoms with van der Waals surface area (Å²) in [6.45, 7) is 9.64. The van der Waals surface area contributed by atoms with Crippen molar-refractivity contribution in [1.29, 1.82) is 0 Å². The molecule has 1 unspecified atom stereocenters. The van der Waals surface area contributed by atoms with E-state index in [1.807, 2.05) is 10.9 Å². The van der Waals surface area contributed by atoms with Crippen molar-refractivity contribution in [2.75, 3.05) is 13.1 Å². The molecule has 0 saturated carbocycles. The van der Waals surface area contributed by atoms with Gasteiger partial charge in [-0.1, -0.05) is 20.3 Å². The molecule has 0 aromatic carbocycles. The summed E-state index contributed by atoms with van der Waals surface area (Å²) in [5.74, 6) is 0.773. The summed E-state index contributed by atoms with van der Waals surface area (Å²) in [5, 5.41) is 7.66. The Morgan fingerprint density at radius 1 is 1.57 bits per heavy atom. The number of aromatic nitrogens is 2. The van der Waals surface area contributed by atoms with Gasteiger partial charge in [0.05, 0.1) is 12.7 Å². The van der Waals surface area contributed by atoms with Gasteiger partial charge in [-0.05, 0) is 24.9 Å². The maximum Gasteiger partial charge on any atom is 0.0534 e. The number of hydrogen-bond donors (Lipinski definition) is 1. The van der Waals surface area contributed by atoms with E-state index in [-0.39, 0.29) is 0 Å². The van der Waals surface area contributed by atoms with Crippen LogP contribution in [0.1, 0.15) is 25.8 Å². The SMILES string of the molecule is CCC(C)CNCCn1cc(C)cn1. The molecule has 0 spiro atoms. The lowest BCUT2D eigenvalue weighted by molar-refractivity contribution is 0.475. The smallest absolute Gasteiger partial charge is 0.0534 e. The molecule has 0 aliphatic rings. The summed E-state index contributed by atoms with van der Waals surface area (Å²) in [7, 11) is 0. The molecular weight excluding hydrogens is 174 g/mol. The number of aryl methyl sites for hydroxylation is 1. The molecule has 1 N–H and O–H groups in total. The highest BCUT2D eigenvalue weighted by atomic mass is 15.3. The monoisotopic (exact) mass is 195 g/mol. The minimum absolute atomic E-state index is 0.773. The Hall–Kier alpha value is -0.830. The van der Waals surface area contributed by atoms with E-state index >= 15 is 0 Å². The van der Waals surface area contributed by atoms with Crippen LogP contribution in [-0.2, 0) is 6.54 Å².